The van der Waals surface area contributed by atoms with Gasteiger partial charge in [-0.1, -0.05) is 30.7 Å². The lowest BCUT2D eigenvalue weighted by Crippen LogP contribution is -2.15. The summed E-state index contributed by atoms with van der Waals surface area (Å²) in [5.74, 6) is 0. The molecule has 0 saturated carbocycles. The predicted octanol–water partition coefficient (Wildman–Crippen LogP) is 3.51. The zero-order valence-electron chi connectivity index (χ0n) is 9.59. The van der Waals surface area contributed by atoms with Crippen molar-refractivity contribution in [1.82, 2.24) is 4.90 Å². The largest absolute Gasteiger partial charge is 0.375 e. The van der Waals surface area contributed by atoms with Crippen molar-refractivity contribution >= 4 is 0 Å². The van der Waals surface area contributed by atoms with Gasteiger partial charge < -0.3 is 4.90 Å². The number of likely N-dealkylation sites (N-methyl/N-ethyl adjacent to an activating group) is 1. The molecule has 0 atom stereocenters. The quantitative estimate of drug-likeness (QED) is 0.617. The molecule has 1 aliphatic carbocycles. The molecule has 0 spiro atoms. The van der Waals surface area contributed by atoms with Crippen molar-refractivity contribution in [1.29, 1.82) is 0 Å². The van der Waals surface area contributed by atoms with Crippen molar-refractivity contribution in [3.8, 4) is 0 Å². The highest BCUT2D eigenvalue weighted by Gasteiger charge is 2.00. The maximum Gasteiger partial charge on any atom is 0.0323 e. The first-order valence-electron chi connectivity index (χ1n) is 5.53. The molecule has 78 valence electrons. The molecule has 0 radical (unpaired) electrons. The Labute approximate surface area is 87.8 Å². The number of hydrogen-bond donors (Lipinski definition) is 0. The van der Waals surface area contributed by atoms with Crippen LogP contribution in [0.3, 0.4) is 0 Å². The number of allylic oxidation sites excluding steroid dienone is 5. The second-order valence-electron chi connectivity index (χ2n) is 3.70. The van der Waals surface area contributed by atoms with Crippen molar-refractivity contribution in [3.05, 3.63) is 35.6 Å². The topological polar surface area (TPSA) is 3.24 Å². The number of nitrogens with zero attached hydrogens (tertiary/aromatic N) is 1. The van der Waals surface area contributed by atoms with E-state index in [0.717, 1.165) is 19.4 Å². The van der Waals surface area contributed by atoms with Crippen molar-refractivity contribution in [2.24, 2.45) is 0 Å². The Morgan fingerprint density at radius 2 is 2.07 bits per heavy atom. The highest BCUT2D eigenvalue weighted by molar-refractivity contribution is 5.23. The van der Waals surface area contributed by atoms with E-state index in [-0.39, 0.29) is 0 Å². The smallest absolute Gasteiger partial charge is 0.0323 e. The van der Waals surface area contributed by atoms with Gasteiger partial charge in [-0.2, -0.15) is 0 Å². The van der Waals surface area contributed by atoms with Crippen LogP contribution in [-0.4, -0.2) is 18.5 Å². The number of hydrogen-bond acceptors (Lipinski definition) is 1. The zero-order chi connectivity index (χ0) is 10.4. The van der Waals surface area contributed by atoms with Crippen LogP contribution in [0.4, 0.5) is 0 Å². The fraction of sp³-hybridized carbons (Fsp3) is 0.538. The van der Waals surface area contributed by atoms with E-state index in [2.05, 4.69) is 50.1 Å². The maximum absolute atomic E-state index is 2.34. The Balaban J connectivity index is 2.73. The molecule has 0 amide bonds. The summed E-state index contributed by atoms with van der Waals surface area (Å²) in [4.78, 5) is 2.29. The van der Waals surface area contributed by atoms with Gasteiger partial charge >= 0.3 is 0 Å². The van der Waals surface area contributed by atoms with Crippen LogP contribution >= 0.6 is 0 Å². The lowest BCUT2D eigenvalue weighted by molar-refractivity contribution is 0.454. The van der Waals surface area contributed by atoms with Crippen LogP contribution in [0.15, 0.2) is 35.6 Å². The molecule has 1 nitrogen and oxygen atoms in total. The third-order valence-electron chi connectivity index (χ3n) is 2.77. The Morgan fingerprint density at radius 1 is 1.29 bits per heavy atom. The van der Waals surface area contributed by atoms with Gasteiger partial charge in [0.25, 0.3) is 0 Å². The Kier molecular flexibility index (Phi) is 4.51. The summed E-state index contributed by atoms with van der Waals surface area (Å²) in [6, 6.07) is 0. The average molecular weight is 191 g/mol. The Morgan fingerprint density at radius 3 is 2.71 bits per heavy atom. The van der Waals surface area contributed by atoms with Crippen LogP contribution in [0.2, 0.25) is 0 Å². The fourth-order valence-corrected chi connectivity index (χ4v) is 1.56. The second-order valence-corrected chi connectivity index (χ2v) is 3.70. The lowest BCUT2D eigenvalue weighted by Gasteiger charge is -2.19. The molecule has 0 fully saturated rings. The molecule has 0 saturated heterocycles. The fourth-order valence-electron chi connectivity index (χ4n) is 1.56. The van der Waals surface area contributed by atoms with Crippen LogP contribution in [0.25, 0.3) is 0 Å². The summed E-state index contributed by atoms with van der Waals surface area (Å²) in [5, 5.41) is 0. The van der Waals surface area contributed by atoms with E-state index >= 15 is 0 Å². The van der Waals surface area contributed by atoms with E-state index in [1.165, 1.54) is 12.1 Å². The Bertz CT molecular complexity index is 258. The van der Waals surface area contributed by atoms with Crippen LogP contribution < -0.4 is 0 Å². The zero-order valence-corrected chi connectivity index (χ0v) is 9.59. The molecule has 1 heteroatoms. The standard InChI is InChI=1S/C13H21N/c1-4-12-8-6-7-9-13(11-10-12)14(3)5-2/h7-9,11H,4-6,10H2,1-3H3/b9-7-,12-8?,13-11+. The molecule has 1 rings (SSSR count). The SMILES string of the molecule is CCC1=CC/C=C\C(N(C)CC)=C/C1. The van der Waals surface area contributed by atoms with Crippen molar-refractivity contribution in [2.45, 2.75) is 33.1 Å². The average Bonchev–Trinajstić information content (AvgIpc) is 2.17. The summed E-state index contributed by atoms with van der Waals surface area (Å²) < 4.78 is 0. The van der Waals surface area contributed by atoms with Gasteiger partial charge in [-0.3, -0.25) is 0 Å². The Hall–Kier alpha value is -0.980. The first-order valence-corrected chi connectivity index (χ1v) is 5.53. The third-order valence-corrected chi connectivity index (χ3v) is 2.77. The van der Waals surface area contributed by atoms with Crippen LogP contribution in [0.5, 0.6) is 0 Å². The molecule has 0 unspecified atom stereocenters. The minimum atomic E-state index is 1.07. The van der Waals surface area contributed by atoms with Gasteiger partial charge in [-0.05, 0) is 32.3 Å². The molecule has 0 aromatic heterocycles. The third kappa shape index (κ3) is 3.06. The molecule has 14 heavy (non-hydrogen) atoms. The van der Waals surface area contributed by atoms with Crippen molar-refractivity contribution in [2.75, 3.05) is 13.6 Å². The summed E-state index contributed by atoms with van der Waals surface area (Å²) in [6.45, 7) is 5.49. The van der Waals surface area contributed by atoms with Gasteiger partial charge in [0.2, 0.25) is 0 Å². The molecule has 0 bridgehead atoms. The second kappa shape index (κ2) is 5.69. The van der Waals surface area contributed by atoms with E-state index in [9.17, 15) is 0 Å². The molecule has 0 N–H and O–H groups in total. The first kappa shape index (κ1) is 11.1. The summed E-state index contributed by atoms with van der Waals surface area (Å²) in [7, 11) is 2.15. The van der Waals surface area contributed by atoms with Gasteiger partial charge in [0.15, 0.2) is 0 Å². The summed E-state index contributed by atoms with van der Waals surface area (Å²) >= 11 is 0. The normalized spacial score (nSPS) is 22.8. The van der Waals surface area contributed by atoms with Gasteiger partial charge in [0, 0.05) is 19.3 Å². The van der Waals surface area contributed by atoms with Gasteiger partial charge in [0.1, 0.15) is 0 Å². The molecule has 0 aromatic rings. The molecule has 0 heterocycles. The molecule has 0 aliphatic heterocycles. The van der Waals surface area contributed by atoms with Gasteiger partial charge in [-0.25, -0.2) is 0 Å². The minimum absolute atomic E-state index is 1.07. The van der Waals surface area contributed by atoms with E-state index in [1.54, 1.807) is 5.57 Å². The van der Waals surface area contributed by atoms with E-state index in [4.69, 9.17) is 0 Å². The van der Waals surface area contributed by atoms with Crippen molar-refractivity contribution < 1.29 is 0 Å². The minimum Gasteiger partial charge on any atom is -0.375 e. The maximum atomic E-state index is 2.34. The van der Waals surface area contributed by atoms with E-state index in [0.29, 0.717) is 0 Å². The van der Waals surface area contributed by atoms with Crippen LogP contribution in [0, 0.1) is 0 Å². The summed E-state index contributed by atoms with van der Waals surface area (Å²) in [5.41, 5.74) is 2.91. The van der Waals surface area contributed by atoms with E-state index in [1.807, 2.05) is 0 Å². The molecular formula is C13H21N. The monoisotopic (exact) mass is 191 g/mol. The van der Waals surface area contributed by atoms with Gasteiger partial charge in [-0.15, -0.1) is 0 Å². The molecular weight excluding hydrogens is 170 g/mol. The highest BCUT2D eigenvalue weighted by Crippen LogP contribution is 2.15. The van der Waals surface area contributed by atoms with Crippen molar-refractivity contribution in [3.63, 3.8) is 0 Å². The van der Waals surface area contributed by atoms with Crippen LogP contribution in [0.1, 0.15) is 33.1 Å². The summed E-state index contributed by atoms with van der Waals surface area (Å²) in [6.07, 6.45) is 12.5. The lowest BCUT2D eigenvalue weighted by atomic mass is 10.0. The van der Waals surface area contributed by atoms with E-state index < -0.39 is 0 Å². The van der Waals surface area contributed by atoms with Gasteiger partial charge in [0.05, 0.1) is 0 Å². The predicted molar refractivity (Wildman–Crippen MR) is 63.1 cm³/mol. The highest BCUT2D eigenvalue weighted by atomic mass is 15.1. The molecule has 1 aliphatic rings. The number of rotatable bonds is 3. The molecule has 0 aromatic carbocycles. The first-order chi connectivity index (χ1) is 6.77. The van der Waals surface area contributed by atoms with Crippen LogP contribution in [-0.2, 0) is 0 Å².